The highest BCUT2D eigenvalue weighted by Gasteiger charge is 2.20. The minimum Gasteiger partial charge on any atom is -0.377 e. The Kier molecular flexibility index (Phi) is 7.23. The van der Waals surface area contributed by atoms with E-state index >= 15 is 0 Å². The van der Waals surface area contributed by atoms with Crippen LogP contribution in [0, 0.1) is 0 Å². The van der Waals surface area contributed by atoms with Crippen LogP contribution in [0.2, 0.25) is 0 Å². The van der Waals surface area contributed by atoms with E-state index in [1.807, 2.05) is 13.8 Å². The zero-order chi connectivity index (χ0) is 14.3. The van der Waals surface area contributed by atoms with Gasteiger partial charge in [-0.05, 0) is 25.7 Å². The maximum Gasteiger partial charge on any atom is 0.279 e. The van der Waals surface area contributed by atoms with Gasteiger partial charge in [0.15, 0.2) is 0 Å². The molecule has 1 aliphatic rings. The van der Waals surface area contributed by atoms with Crippen molar-refractivity contribution in [3.05, 3.63) is 0 Å². The van der Waals surface area contributed by atoms with Crippen LogP contribution in [-0.4, -0.2) is 51.1 Å². The topological polar surface area (TPSA) is 84.7 Å². The zero-order valence-electron chi connectivity index (χ0n) is 12.0. The molecule has 0 aromatic heterocycles. The molecule has 1 saturated carbocycles. The summed E-state index contributed by atoms with van der Waals surface area (Å²) in [6, 6.07) is 0.306. The monoisotopic (exact) mass is 293 g/mol. The lowest BCUT2D eigenvalue weighted by Gasteiger charge is -2.26. The Morgan fingerprint density at radius 3 is 2.32 bits per heavy atom. The third-order valence-corrected chi connectivity index (χ3v) is 5.27. The van der Waals surface area contributed by atoms with Crippen molar-refractivity contribution in [1.82, 2.24) is 9.03 Å². The number of hydrogen-bond donors (Lipinski definition) is 2. The molecule has 0 saturated heterocycles. The van der Waals surface area contributed by atoms with Gasteiger partial charge in [-0.2, -0.15) is 17.4 Å². The Hall–Kier alpha value is -0.210. The SMILES string of the molecule is CCN(CC)S(=O)(=O)NCCOC1CCC(N)CC1. The quantitative estimate of drug-likeness (QED) is 0.636. The molecule has 0 amide bonds. The van der Waals surface area contributed by atoms with Crippen molar-refractivity contribution >= 4 is 10.2 Å². The number of rotatable bonds is 8. The summed E-state index contributed by atoms with van der Waals surface area (Å²) in [7, 11) is -3.35. The predicted octanol–water partition coefficient (Wildman–Crippen LogP) is 0.449. The molecule has 0 aromatic rings. The molecule has 1 rings (SSSR count). The van der Waals surface area contributed by atoms with Crippen LogP contribution < -0.4 is 10.5 Å². The molecule has 0 radical (unpaired) electrons. The van der Waals surface area contributed by atoms with E-state index in [4.69, 9.17) is 10.5 Å². The third kappa shape index (κ3) is 5.74. The van der Waals surface area contributed by atoms with Crippen molar-refractivity contribution in [2.45, 2.75) is 51.7 Å². The summed E-state index contributed by atoms with van der Waals surface area (Å²) in [5.74, 6) is 0. The molecular weight excluding hydrogens is 266 g/mol. The zero-order valence-corrected chi connectivity index (χ0v) is 12.8. The van der Waals surface area contributed by atoms with Gasteiger partial charge in [0.25, 0.3) is 10.2 Å². The Labute approximate surface area is 116 Å². The molecule has 0 atom stereocenters. The first-order chi connectivity index (χ1) is 8.99. The highest BCUT2D eigenvalue weighted by Crippen LogP contribution is 2.19. The first-order valence-electron chi connectivity index (χ1n) is 7.11. The van der Waals surface area contributed by atoms with Gasteiger partial charge in [0.05, 0.1) is 12.7 Å². The summed E-state index contributed by atoms with van der Waals surface area (Å²) in [4.78, 5) is 0. The average Bonchev–Trinajstić information content (AvgIpc) is 2.38. The fraction of sp³-hybridized carbons (Fsp3) is 1.00. The second-order valence-corrected chi connectivity index (χ2v) is 6.65. The van der Waals surface area contributed by atoms with Crippen LogP contribution in [0.25, 0.3) is 0 Å². The number of nitrogens with zero attached hydrogens (tertiary/aromatic N) is 1. The second kappa shape index (κ2) is 8.16. The van der Waals surface area contributed by atoms with Crippen molar-refractivity contribution in [3.8, 4) is 0 Å². The summed E-state index contributed by atoms with van der Waals surface area (Å²) in [5, 5.41) is 0. The van der Waals surface area contributed by atoms with E-state index in [0.717, 1.165) is 25.7 Å². The largest absolute Gasteiger partial charge is 0.377 e. The predicted molar refractivity (Wildman–Crippen MR) is 76.0 cm³/mol. The maximum absolute atomic E-state index is 11.8. The standard InChI is InChI=1S/C12H27N3O3S/c1-3-15(4-2)19(16,17)14-9-10-18-12-7-5-11(13)6-8-12/h11-12,14H,3-10,13H2,1-2H3. The molecule has 3 N–H and O–H groups in total. The molecule has 0 bridgehead atoms. The van der Waals surface area contributed by atoms with Crippen LogP contribution >= 0.6 is 0 Å². The van der Waals surface area contributed by atoms with E-state index < -0.39 is 10.2 Å². The van der Waals surface area contributed by atoms with Gasteiger partial charge < -0.3 is 10.5 Å². The van der Waals surface area contributed by atoms with Gasteiger partial charge in [0.2, 0.25) is 0 Å². The van der Waals surface area contributed by atoms with E-state index in [1.165, 1.54) is 4.31 Å². The van der Waals surface area contributed by atoms with Gasteiger partial charge in [0.1, 0.15) is 0 Å². The average molecular weight is 293 g/mol. The van der Waals surface area contributed by atoms with Gasteiger partial charge in [-0.15, -0.1) is 0 Å². The second-order valence-electron chi connectivity index (χ2n) is 4.89. The van der Waals surface area contributed by atoms with Crippen molar-refractivity contribution in [2.24, 2.45) is 5.73 Å². The van der Waals surface area contributed by atoms with Crippen LogP contribution in [0.4, 0.5) is 0 Å². The fourth-order valence-corrected chi connectivity index (χ4v) is 3.51. The summed E-state index contributed by atoms with van der Waals surface area (Å²) in [6.45, 7) is 5.34. The first-order valence-corrected chi connectivity index (χ1v) is 8.55. The van der Waals surface area contributed by atoms with Crippen LogP contribution in [0.5, 0.6) is 0 Å². The van der Waals surface area contributed by atoms with E-state index in [0.29, 0.717) is 32.3 Å². The molecule has 0 aliphatic heterocycles. The number of nitrogens with one attached hydrogen (secondary N) is 1. The molecular formula is C12H27N3O3S. The summed E-state index contributed by atoms with van der Waals surface area (Å²) >= 11 is 0. The van der Waals surface area contributed by atoms with E-state index in [-0.39, 0.29) is 6.10 Å². The first kappa shape index (κ1) is 16.8. The van der Waals surface area contributed by atoms with Gasteiger partial charge in [-0.25, -0.2) is 0 Å². The van der Waals surface area contributed by atoms with Crippen LogP contribution in [0.1, 0.15) is 39.5 Å². The Balaban J connectivity index is 2.20. The van der Waals surface area contributed by atoms with Gasteiger partial charge >= 0.3 is 0 Å². The van der Waals surface area contributed by atoms with Gasteiger partial charge in [0, 0.05) is 25.7 Å². The normalized spacial score (nSPS) is 24.8. The lowest BCUT2D eigenvalue weighted by Crippen LogP contribution is -2.42. The summed E-state index contributed by atoms with van der Waals surface area (Å²) in [6.07, 6.45) is 4.18. The Morgan fingerprint density at radius 2 is 1.79 bits per heavy atom. The van der Waals surface area contributed by atoms with E-state index in [1.54, 1.807) is 0 Å². The minimum atomic E-state index is -3.35. The van der Waals surface area contributed by atoms with Crippen molar-refractivity contribution in [1.29, 1.82) is 0 Å². The molecule has 0 aromatic carbocycles. The van der Waals surface area contributed by atoms with Gasteiger partial charge in [-0.3, -0.25) is 0 Å². The molecule has 0 heterocycles. The third-order valence-electron chi connectivity index (χ3n) is 3.50. The lowest BCUT2D eigenvalue weighted by atomic mass is 9.94. The highest BCUT2D eigenvalue weighted by atomic mass is 32.2. The lowest BCUT2D eigenvalue weighted by molar-refractivity contribution is 0.0286. The number of nitrogens with two attached hydrogens (primary N) is 1. The maximum atomic E-state index is 11.8. The van der Waals surface area contributed by atoms with Crippen molar-refractivity contribution < 1.29 is 13.2 Å². The van der Waals surface area contributed by atoms with E-state index in [9.17, 15) is 8.42 Å². The minimum absolute atomic E-state index is 0.234. The van der Waals surface area contributed by atoms with Crippen LogP contribution in [-0.2, 0) is 14.9 Å². The Bertz CT molecular complexity index is 336. The number of hydrogen-bond acceptors (Lipinski definition) is 4. The van der Waals surface area contributed by atoms with E-state index in [2.05, 4.69) is 4.72 Å². The molecule has 0 spiro atoms. The van der Waals surface area contributed by atoms with Gasteiger partial charge in [-0.1, -0.05) is 13.8 Å². The fourth-order valence-electron chi connectivity index (χ4n) is 2.31. The molecule has 1 aliphatic carbocycles. The summed E-state index contributed by atoms with van der Waals surface area (Å²) < 4.78 is 33.3. The van der Waals surface area contributed by atoms with Crippen molar-refractivity contribution in [3.63, 3.8) is 0 Å². The molecule has 1 fully saturated rings. The van der Waals surface area contributed by atoms with Crippen molar-refractivity contribution in [2.75, 3.05) is 26.2 Å². The highest BCUT2D eigenvalue weighted by molar-refractivity contribution is 7.87. The molecule has 0 unspecified atom stereocenters. The molecule has 7 heteroatoms. The molecule has 6 nitrogen and oxygen atoms in total. The smallest absolute Gasteiger partial charge is 0.279 e. The molecule has 19 heavy (non-hydrogen) atoms. The van der Waals surface area contributed by atoms with Crippen LogP contribution in [0.15, 0.2) is 0 Å². The van der Waals surface area contributed by atoms with Crippen LogP contribution in [0.3, 0.4) is 0 Å². The molecule has 114 valence electrons. The number of ether oxygens (including phenoxy) is 1. The summed E-state index contributed by atoms with van der Waals surface area (Å²) in [5.41, 5.74) is 5.82. The Morgan fingerprint density at radius 1 is 1.21 bits per heavy atom.